The van der Waals surface area contributed by atoms with Crippen LogP contribution in [0.25, 0.3) is 21.6 Å². The summed E-state index contributed by atoms with van der Waals surface area (Å²) in [6, 6.07) is 5.13. The normalized spacial score (nSPS) is 10.7. The number of carboxylic acid groups (broad SMARTS) is 1. The third-order valence-corrected chi connectivity index (χ3v) is 4.20. The molecule has 2 N–H and O–H groups in total. The van der Waals surface area contributed by atoms with E-state index in [1.165, 1.54) is 19.6 Å². The molecule has 23 heavy (non-hydrogen) atoms. The van der Waals surface area contributed by atoms with Crippen LogP contribution < -0.4 is 15.0 Å². The lowest BCUT2D eigenvalue weighted by molar-refractivity contribution is 0.0699. The third-order valence-electron chi connectivity index (χ3n) is 3.33. The topological polar surface area (TPSA) is 102 Å². The number of nitrogens with zero attached hydrogens (tertiary/aromatic N) is 1. The predicted molar refractivity (Wildman–Crippen MR) is 85.7 cm³/mol. The first kappa shape index (κ1) is 15.0. The summed E-state index contributed by atoms with van der Waals surface area (Å²) in [5.74, 6) is 0.249. The van der Waals surface area contributed by atoms with Crippen LogP contribution in [0.15, 0.2) is 28.4 Å². The molecule has 0 saturated carbocycles. The number of ether oxygens (including phenoxy) is 2. The molecule has 0 spiro atoms. The van der Waals surface area contributed by atoms with Crippen molar-refractivity contribution in [3.8, 4) is 22.9 Å². The van der Waals surface area contributed by atoms with Crippen molar-refractivity contribution in [2.24, 2.45) is 0 Å². The maximum Gasteiger partial charge on any atom is 0.337 e. The summed E-state index contributed by atoms with van der Waals surface area (Å²) in [6.07, 6.45) is 0. The van der Waals surface area contributed by atoms with E-state index in [2.05, 4.69) is 9.97 Å². The Morgan fingerprint density at radius 3 is 2.65 bits per heavy atom. The van der Waals surface area contributed by atoms with Gasteiger partial charge in [-0.25, -0.2) is 9.78 Å². The molecule has 2 aromatic heterocycles. The van der Waals surface area contributed by atoms with Crippen molar-refractivity contribution in [3.63, 3.8) is 0 Å². The molecule has 3 rings (SSSR count). The molecule has 0 aliphatic carbocycles. The van der Waals surface area contributed by atoms with Crippen LogP contribution in [0.2, 0.25) is 0 Å². The van der Waals surface area contributed by atoms with Gasteiger partial charge in [0.2, 0.25) is 0 Å². The van der Waals surface area contributed by atoms with Gasteiger partial charge in [0.15, 0.2) is 11.5 Å². The number of nitrogens with one attached hydrogen (secondary N) is 1. The minimum Gasteiger partial charge on any atom is -0.493 e. The Bertz CT molecular complexity index is 960. The van der Waals surface area contributed by atoms with E-state index in [4.69, 9.17) is 14.6 Å². The molecule has 0 saturated heterocycles. The molecule has 1 aromatic carbocycles. The van der Waals surface area contributed by atoms with Gasteiger partial charge in [0, 0.05) is 10.9 Å². The van der Waals surface area contributed by atoms with Crippen molar-refractivity contribution >= 4 is 27.5 Å². The monoisotopic (exact) mass is 332 g/mol. The van der Waals surface area contributed by atoms with Gasteiger partial charge >= 0.3 is 5.97 Å². The number of aromatic nitrogens is 2. The van der Waals surface area contributed by atoms with Crippen LogP contribution in [-0.2, 0) is 0 Å². The van der Waals surface area contributed by atoms with Gasteiger partial charge in [-0.15, -0.1) is 11.3 Å². The molecule has 0 aliphatic rings. The summed E-state index contributed by atoms with van der Waals surface area (Å²) >= 11 is 1.11. The minimum atomic E-state index is -1.15. The molecule has 2 heterocycles. The van der Waals surface area contributed by atoms with Crippen LogP contribution in [-0.4, -0.2) is 35.3 Å². The molecule has 3 aromatic rings. The van der Waals surface area contributed by atoms with E-state index in [-0.39, 0.29) is 10.9 Å². The average Bonchev–Trinajstić information content (AvgIpc) is 2.99. The largest absolute Gasteiger partial charge is 0.493 e. The number of thiophene rings is 1. The number of methoxy groups -OCH3 is 2. The second-order valence-corrected chi connectivity index (χ2v) is 5.48. The highest BCUT2D eigenvalue weighted by Gasteiger charge is 2.17. The first-order chi connectivity index (χ1) is 11.0. The number of H-pyrrole nitrogens is 1. The fourth-order valence-electron chi connectivity index (χ4n) is 2.23. The highest BCUT2D eigenvalue weighted by Crippen LogP contribution is 2.31. The fourth-order valence-corrected chi connectivity index (χ4v) is 3.14. The van der Waals surface area contributed by atoms with Crippen LogP contribution in [0.5, 0.6) is 11.5 Å². The number of fused-ring (bicyclic) bond motifs is 1. The number of aromatic carboxylic acids is 1. The van der Waals surface area contributed by atoms with Crippen molar-refractivity contribution in [2.45, 2.75) is 0 Å². The van der Waals surface area contributed by atoms with Crippen LogP contribution >= 0.6 is 11.3 Å². The van der Waals surface area contributed by atoms with Crippen LogP contribution in [0, 0.1) is 0 Å². The van der Waals surface area contributed by atoms with Gasteiger partial charge in [-0.2, -0.15) is 0 Å². The Morgan fingerprint density at radius 1 is 1.26 bits per heavy atom. The molecule has 7 nitrogen and oxygen atoms in total. The molecule has 0 radical (unpaired) electrons. The second kappa shape index (κ2) is 5.73. The van der Waals surface area contributed by atoms with Gasteiger partial charge in [-0.3, -0.25) is 4.79 Å². The number of hydrogen-bond acceptors (Lipinski definition) is 6. The van der Waals surface area contributed by atoms with E-state index in [1.54, 1.807) is 18.2 Å². The molecular weight excluding hydrogens is 320 g/mol. The van der Waals surface area contributed by atoms with Crippen molar-refractivity contribution in [1.82, 2.24) is 9.97 Å². The lowest BCUT2D eigenvalue weighted by atomic mass is 10.1. The van der Waals surface area contributed by atoms with Gasteiger partial charge in [0.25, 0.3) is 5.56 Å². The maximum atomic E-state index is 12.2. The van der Waals surface area contributed by atoms with Gasteiger partial charge in [0.1, 0.15) is 10.7 Å². The first-order valence-electron chi connectivity index (χ1n) is 6.52. The first-order valence-corrected chi connectivity index (χ1v) is 7.40. The molecule has 8 heteroatoms. The number of carboxylic acids is 1. The van der Waals surface area contributed by atoms with Crippen LogP contribution in [0.1, 0.15) is 10.4 Å². The molecule has 0 fully saturated rings. The van der Waals surface area contributed by atoms with E-state index >= 15 is 0 Å². The van der Waals surface area contributed by atoms with Crippen LogP contribution in [0.4, 0.5) is 0 Å². The second-order valence-electron chi connectivity index (χ2n) is 4.62. The van der Waals surface area contributed by atoms with Gasteiger partial charge in [-0.05, 0) is 18.2 Å². The molecule has 0 unspecified atom stereocenters. The summed E-state index contributed by atoms with van der Waals surface area (Å²) in [7, 11) is 3.04. The fraction of sp³-hybridized carbons (Fsp3) is 0.133. The number of aromatic amines is 1. The molecule has 0 bridgehead atoms. The lowest BCUT2D eigenvalue weighted by Gasteiger charge is -2.09. The van der Waals surface area contributed by atoms with Gasteiger partial charge < -0.3 is 19.6 Å². The van der Waals surface area contributed by atoms with Crippen LogP contribution in [0.3, 0.4) is 0 Å². The predicted octanol–water partition coefficient (Wildman–Crippen LogP) is 2.37. The quantitative estimate of drug-likeness (QED) is 0.760. The molecule has 0 atom stereocenters. The zero-order chi connectivity index (χ0) is 16.6. The third kappa shape index (κ3) is 2.53. The summed E-state index contributed by atoms with van der Waals surface area (Å²) in [5.41, 5.74) is 0.1000. The highest BCUT2D eigenvalue weighted by molar-refractivity contribution is 7.17. The molecular formula is C15H12N2O5S. The smallest absolute Gasteiger partial charge is 0.337 e. The summed E-state index contributed by atoms with van der Waals surface area (Å²) in [5, 5.41) is 10.6. The van der Waals surface area contributed by atoms with E-state index < -0.39 is 11.5 Å². The van der Waals surface area contributed by atoms with E-state index in [0.29, 0.717) is 27.7 Å². The summed E-state index contributed by atoms with van der Waals surface area (Å²) < 4.78 is 10.4. The Morgan fingerprint density at radius 2 is 2.00 bits per heavy atom. The summed E-state index contributed by atoms with van der Waals surface area (Å²) in [4.78, 5) is 30.7. The minimum absolute atomic E-state index is 0.0439. The highest BCUT2D eigenvalue weighted by atomic mass is 32.1. The Kier molecular flexibility index (Phi) is 3.75. The van der Waals surface area contributed by atoms with E-state index in [1.807, 2.05) is 0 Å². The van der Waals surface area contributed by atoms with E-state index in [9.17, 15) is 9.59 Å². The SMILES string of the molecule is COc1ccc(-c2nc3scc(C(=O)O)c3c(=O)[nH]2)cc1OC. The number of benzene rings is 1. The van der Waals surface area contributed by atoms with Crippen molar-refractivity contribution < 1.29 is 19.4 Å². The maximum absolute atomic E-state index is 12.2. The molecule has 0 amide bonds. The van der Waals surface area contributed by atoms with Crippen molar-refractivity contribution in [3.05, 3.63) is 39.5 Å². The summed E-state index contributed by atoms with van der Waals surface area (Å²) in [6.45, 7) is 0. The zero-order valence-electron chi connectivity index (χ0n) is 12.2. The Labute approximate surface area is 134 Å². The molecule has 0 aliphatic heterocycles. The van der Waals surface area contributed by atoms with Crippen molar-refractivity contribution in [1.29, 1.82) is 0 Å². The molecule has 118 valence electrons. The van der Waals surface area contributed by atoms with E-state index in [0.717, 1.165) is 11.3 Å². The number of hydrogen-bond donors (Lipinski definition) is 2. The lowest BCUT2D eigenvalue weighted by Crippen LogP contribution is -2.11. The van der Waals surface area contributed by atoms with Gasteiger partial charge in [0.05, 0.1) is 25.2 Å². The zero-order valence-corrected chi connectivity index (χ0v) is 13.1. The van der Waals surface area contributed by atoms with Gasteiger partial charge in [-0.1, -0.05) is 0 Å². The van der Waals surface area contributed by atoms with Crippen molar-refractivity contribution in [2.75, 3.05) is 14.2 Å². The standard InChI is InChI=1S/C15H12N2O5S/c1-21-9-4-3-7(5-10(9)22-2)12-16-13(18)11-8(15(19)20)6-23-14(11)17-12/h3-6H,1-2H3,(H,19,20)(H,16,17,18). The number of rotatable bonds is 4. The average molecular weight is 332 g/mol. The Hall–Kier alpha value is -2.87. The number of carbonyl (C=O) groups is 1. The Balaban J connectivity index is 2.18.